The average molecular weight is 375 g/mol. The van der Waals surface area contributed by atoms with Gasteiger partial charge in [-0.2, -0.15) is 13.2 Å². The second-order valence-electron chi connectivity index (χ2n) is 6.05. The molecule has 1 heterocycles. The summed E-state index contributed by atoms with van der Waals surface area (Å²) < 4.78 is 42.3. The number of benzene rings is 2. The van der Waals surface area contributed by atoms with Gasteiger partial charge in [0.25, 0.3) is 0 Å². The molecular formula is C19H16F3N3O2. The van der Waals surface area contributed by atoms with Crippen molar-refractivity contribution in [2.75, 3.05) is 4.90 Å². The maximum absolute atomic E-state index is 12.6. The third-order valence-electron chi connectivity index (χ3n) is 3.90. The summed E-state index contributed by atoms with van der Waals surface area (Å²) in [5, 5.41) is 6.44. The molecule has 3 aromatic rings. The van der Waals surface area contributed by atoms with Crippen LogP contribution in [-0.2, 0) is 17.5 Å². The summed E-state index contributed by atoms with van der Waals surface area (Å²) in [5.74, 6) is -1.71. The first-order valence-electron chi connectivity index (χ1n) is 8.09. The predicted octanol–water partition coefficient (Wildman–Crippen LogP) is 4.62. The van der Waals surface area contributed by atoms with Gasteiger partial charge >= 0.3 is 12.1 Å². The molecular weight excluding hydrogens is 359 g/mol. The van der Waals surface area contributed by atoms with Crippen LogP contribution in [0.5, 0.6) is 0 Å². The minimum atomic E-state index is -4.68. The lowest BCUT2D eigenvalue weighted by molar-refractivity contribution is -0.156. The zero-order valence-corrected chi connectivity index (χ0v) is 14.6. The van der Waals surface area contributed by atoms with E-state index in [-0.39, 0.29) is 11.8 Å². The van der Waals surface area contributed by atoms with Gasteiger partial charge in [0.15, 0.2) is 0 Å². The molecule has 5 nitrogen and oxygen atoms in total. The zero-order valence-electron chi connectivity index (χ0n) is 14.6. The number of rotatable bonds is 4. The fraction of sp³-hybridized carbons (Fsp3) is 0.211. The molecule has 0 aliphatic rings. The molecule has 0 N–H and O–H groups in total. The minimum absolute atomic E-state index is 0.114. The highest BCUT2D eigenvalue weighted by Crippen LogP contribution is 2.30. The van der Waals surface area contributed by atoms with Crippen LogP contribution in [0.1, 0.15) is 23.9 Å². The summed E-state index contributed by atoms with van der Waals surface area (Å²) in [6.07, 6.45) is -4.68. The van der Waals surface area contributed by atoms with Gasteiger partial charge in [-0.1, -0.05) is 24.3 Å². The first kappa shape index (κ1) is 18.6. The van der Waals surface area contributed by atoms with Crippen molar-refractivity contribution >= 4 is 11.6 Å². The molecule has 0 saturated carbocycles. The van der Waals surface area contributed by atoms with E-state index in [1.165, 1.54) is 6.92 Å². The van der Waals surface area contributed by atoms with Crippen molar-refractivity contribution in [2.24, 2.45) is 0 Å². The third kappa shape index (κ3) is 4.33. The number of aryl methyl sites for hydroxylation is 1. The van der Waals surface area contributed by atoms with Gasteiger partial charge in [-0.3, -0.25) is 4.79 Å². The molecule has 0 saturated heterocycles. The molecule has 1 amide bonds. The Balaban J connectivity index is 1.80. The molecule has 0 fully saturated rings. The molecule has 2 aromatic carbocycles. The molecule has 0 aliphatic heterocycles. The van der Waals surface area contributed by atoms with E-state index in [0.29, 0.717) is 12.1 Å². The normalized spacial score (nSPS) is 11.4. The van der Waals surface area contributed by atoms with Crippen molar-refractivity contribution in [1.29, 1.82) is 0 Å². The minimum Gasteiger partial charge on any atom is -0.413 e. The molecule has 27 heavy (non-hydrogen) atoms. The average Bonchev–Trinajstić information content (AvgIpc) is 3.10. The largest absolute Gasteiger partial charge is 0.470 e. The summed E-state index contributed by atoms with van der Waals surface area (Å²) in [6.45, 7) is 3.75. The second kappa shape index (κ2) is 7.22. The van der Waals surface area contributed by atoms with E-state index in [1.807, 2.05) is 31.2 Å². The van der Waals surface area contributed by atoms with Gasteiger partial charge in [0.05, 0.1) is 6.54 Å². The Bertz CT molecular complexity index is 949. The lowest BCUT2D eigenvalue weighted by atomic mass is 10.1. The van der Waals surface area contributed by atoms with Gasteiger partial charge in [-0.05, 0) is 42.3 Å². The monoisotopic (exact) mass is 375 g/mol. The van der Waals surface area contributed by atoms with E-state index in [1.54, 1.807) is 29.2 Å². The third-order valence-corrected chi connectivity index (χ3v) is 3.90. The van der Waals surface area contributed by atoms with Crippen LogP contribution < -0.4 is 4.90 Å². The van der Waals surface area contributed by atoms with Gasteiger partial charge in [0.2, 0.25) is 11.8 Å². The Hall–Kier alpha value is -3.16. The topological polar surface area (TPSA) is 59.2 Å². The van der Waals surface area contributed by atoms with Gasteiger partial charge in [-0.25, -0.2) is 0 Å². The molecule has 140 valence electrons. The molecule has 0 radical (unpaired) electrons. The van der Waals surface area contributed by atoms with Gasteiger partial charge in [0, 0.05) is 18.2 Å². The fourth-order valence-electron chi connectivity index (χ4n) is 2.57. The Morgan fingerprint density at radius 2 is 1.81 bits per heavy atom. The van der Waals surface area contributed by atoms with Gasteiger partial charge in [0.1, 0.15) is 0 Å². The Morgan fingerprint density at radius 1 is 1.11 bits per heavy atom. The quantitative estimate of drug-likeness (QED) is 0.668. The standard InChI is InChI=1S/C19H16F3N3O2/c1-12-4-3-5-16(10-12)25(13(2)26)11-14-6-8-15(9-7-14)17-23-24-18(27-17)19(20,21)22/h3-10H,11H2,1-2H3. The number of nitrogens with zero attached hydrogens (tertiary/aromatic N) is 3. The molecule has 0 spiro atoms. The number of anilines is 1. The summed E-state index contributed by atoms with van der Waals surface area (Å²) in [7, 11) is 0. The Labute approximate surface area is 153 Å². The van der Waals surface area contributed by atoms with E-state index < -0.39 is 12.1 Å². The van der Waals surface area contributed by atoms with E-state index in [9.17, 15) is 18.0 Å². The smallest absolute Gasteiger partial charge is 0.413 e. The number of alkyl halides is 3. The number of carbonyl (C=O) groups excluding carboxylic acids is 1. The van der Waals surface area contributed by atoms with Crippen molar-refractivity contribution in [3.63, 3.8) is 0 Å². The van der Waals surface area contributed by atoms with E-state index in [4.69, 9.17) is 0 Å². The summed E-state index contributed by atoms with van der Waals surface area (Å²) >= 11 is 0. The highest BCUT2D eigenvalue weighted by molar-refractivity contribution is 5.91. The highest BCUT2D eigenvalue weighted by atomic mass is 19.4. The SMILES string of the molecule is CC(=O)N(Cc1ccc(-c2nnc(C(F)(F)F)o2)cc1)c1cccc(C)c1. The van der Waals surface area contributed by atoms with Crippen LogP contribution >= 0.6 is 0 Å². The lowest BCUT2D eigenvalue weighted by Crippen LogP contribution is -2.27. The number of amides is 1. The number of hydrogen-bond acceptors (Lipinski definition) is 4. The molecule has 0 atom stereocenters. The number of aromatic nitrogens is 2. The maximum atomic E-state index is 12.6. The van der Waals surface area contributed by atoms with Crippen LogP contribution in [0, 0.1) is 6.92 Å². The Kier molecular flexibility index (Phi) is 4.98. The van der Waals surface area contributed by atoms with Crippen molar-refractivity contribution in [3.05, 3.63) is 65.5 Å². The molecule has 8 heteroatoms. The molecule has 1 aromatic heterocycles. The highest BCUT2D eigenvalue weighted by Gasteiger charge is 2.38. The van der Waals surface area contributed by atoms with E-state index in [0.717, 1.165) is 16.8 Å². The van der Waals surface area contributed by atoms with Crippen molar-refractivity contribution in [1.82, 2.24) is 10.2 Å². The van der Waals surface area contributed by atoms with Crippen LogP contribution in [0.4, 0.5) is 18.9 Å². The Morgan fingerprint density at radius 3 is 2.37 bits per heavy atom. The van der Waals surface area contributed by atoms with Crippen molar-refractivity contribution in [2.45, 2.75) is 26.6 Å². The maximum Gasteiger partial charge on any atom is 0.470 e. The first-order valence-corrected chi connectivity index (χ1v) is 8.09. The number of carbonyl (C=O) groups is 1. The summed E-state index contributed by atoms with van der Waals surface area (Å²) in [4.78, 5) is 13.7. The molecule has 0 bridgehead atoms. The zero-order chi connectivity index (χ0) is 19.6. The van der Waals surface area contributed by atoms with Crippen LogP contribution in [0.25, 0.3) is 11.5 Å². The van der Waals surface area contributed by atoms with Crippen LogP contribution in [0.3, 0.4) is 0 Å². The fourth-order valence-corrected chi connectivity index (χ4v) is 2.57. The van der Waals surface area contributed by atoms with E-state index in [2.05, 4.69) is 14.6 Å². The van der Waals surface area contributed by atoms with Crippen LogP contribution in [-0.4, -0.2) is 16.1 Å². The predicted molar refractivity (Wildman–Crippen MR) is 92.8 cm³/mol. The number of halogens is 3. The molecule has 0 unspecified atom stereocenters. The van der Waals surface area contributed by atoms with Crippen LogP contribution in [0.2, 0.25) is 0 Å². The second-order valence-corrected chi connectivity index (χ2v) is 6.05. The van der Waals surface area contributed by atoms with Gasteiger partial charge in [-0.15, -0.1) is 10.2 Å². The summed E-state index contributed by atoms with van der Waals surface area (Å²) in [5.41, 5.74) is 2.99. The summed E-state index contributed by atoms with van der Waals surface area (Å²) in [6, 6.07) is 14.1. The van der Waals surface area contributed by atoms with E-state index >= 15 is 0 Å². The lowest BCUT2D eigenvalue weighted by Gasteiger charge is -2.22. The van der Waals surface area contributed by atoms with Gasteiger partial charge < -0.3 is 9.32 Å². The first-order chi connectivity index (χ1) is 12.7. The molecule has 0 aliphatic carbocycles. The van der Waals surface area contributed by atoms with Crippen LogP contribution in [0.15, 0.2) is 52.9 Å². The van der Waals surface area contributed by atoms with Crippen molar-refractivity contribution in [3.8, 4) is 11.5 Å². The molecule has 3 rings (SSSR count). The van der Waals surface area contributed by atoms with Crippen molar-refractivity contribution < 1.29 is 22.4 Å². The number of hydrogen-bond donors (Lipinski definition) is 0.